The lowest BCUT2D eigenvalue weighted by Gasteiger charge is -2.22. The number of hydrogen-bond acceptors (Lipinski definition) is 5. The summed E-state index contributed by atoms with van der Waals surface area (Å²) in [7, 11) is -3.96. The maximum absolute atomic E-state index is 13.2. The largest absolute Gasteiger partial charge is 0.450 e. The minimum Gasteiger partial charge on any atom is -0.450 e. The molecule has 1 unspecified atom stereocenters. The average molecular weight is 476 g/mol. The second-order valence-electron chi connectivity index (χ2n) is 7.85. The Morgan fingerprint density at radius 1 is 1.06 bits per heavy atom. The Bertz CT molecular complexity index is 1330. The second-order valence-corrected chi connectivity index (χ2v) is 9.64. The summed E-state index contributed by atoms with van der Waals surface area (Å²) >= 11 is 0. The summed E-state index contributed by atoms with van der Waals surface area (Å²) in [6.07, 6.45) is 8.46. The summed E-state index contributed by atoms with van der Waals surface area (Å²) < 4.78 is 44.4. The van der Waals surface area contributed by atoms with Crippen LogP contribution in [0.5, 0.6) is 0 Å². The summed E-state index contributed by atoms with van der Waals surface area (Å²) in [6, 6.07) is 19.2. The molecule has 0 aliphatic carbocycles. The van der Waals surface area contributed by atoms with Crippen molar-refractivity contribution in [1.29, 1.82) is 0 Å². The number of para-hydroxylation sites is 1. The number of benzene rings is 2. The molecular weight excluding hydrogens is 450 g/mol. The van der Waals surface area contributed by atoms with Crippen LogP contribution in [0.2, 0.25) is 0 Å². The summed E-state index contributed by atoms with van der Waals surface area (Å²) in [5.41, 5.74) is 1.70. The fourth-order valence-corrected chi connectivity index (χ4v) is 4.76. The number of aryl methyl sites for hydroxylation is 1. The van der Waals surface area contributed by atoms with Crippen molar-refractivity contribution in [1.82, 2.24) is 0 Å². The van der Waals surface area contributed by atoms with Crippen molar-refractivity contribution in [2.45, 2.75) is 44.0 Å². The van der Waals surface area contributed by atoms with Crippen molar-refractivity contribution >= 4 is 15.7 Å². The highest BCUT2D eigenvalue weighted by molar-refractivity contribution is 7.93. The molecule has 1 aliphatic rings. The zero-order chi connectivity index (χ0) is 24.0. The molecule has 1 fully saturated rings. The highest BCUT2D eigenvalue weighted by Gasteiger charge is 2.25. The topological polar surface area (TPSA) is 69.0 Å². The lowest BCUT2D eigenvalue weighted by atomic mass is 10.2. The number of terminal acetylenes is 1. The quantitative estimate of drug-likeness (QED) is 0.378. The average Bonchev–Trinajstić information content (AvgIpc) is 3.31. The van der Waals surface area contributed by atoms with E-state index in [9.17, 15) is 8.42 Å². The second kappa shape index (κ2) is 10.6. The standard InChI is InChI=1S/C27H25NO5S/c1-3-28(34(29,30)25-17-11-21(2)12-18-25)26-9-5-4-8-22(26)13-14-23-15-16-24(33-23)20-32-27-10-6-7-19-31-27/h1,4-5,8-9,11-12,15-18,27H,6-7,10,19-20H2,2H3. The molecule has 2 aromatic carbocycles. The Hall–Kier alpha value is -3.49. The van der Waals surface area contributed by atoms with Gasteiger partial charge in [0, 0.05) is 12.7 Å². The van der Waals surface area contributed by atoms with Gasteiger partial charge >= 0.3 is 0 Å². The molecule has 0 spiro atoms. The molecule has 0 radical (unpaired) electrons. The van der Waals surface area contributed by atoms with Gasteiger partial charge in [-0.2, -0.15) is 4.31 Å². The zero-order valence-electron chi connectivity index (χ0n) is 18.9. The number of ether oxygens (including phenoxy) is 2. The molecular formula is C27H25NO5S. The van der Waals surface area contributed by atoms with Gasteiger partial charge in [-0.05, 0) is 68.5 Å². The number of furan rings is 1. The van der Waals surface area contributed by atoms with Crippen LogP contribution in [0.15, 0.2) is 70.0 Å². The number of anilines is 1. The first-order valence-electron chi connectivity index (χ1n) is 11.0. The highest BCUT2D eigenvalue weighted by atomic mass is 32.2. The van der Waals surface area contributed by atoms with Crippen LogP contribution in [-0.4, -0.2) is 21.3 Å². The van der Waals surface area contributed by atoms with Gasteiger partial charge in [0.2, 0.25) is 0 Å². The molecule has 7 heteroatoms. The van der Waals surface area contributed by atoms with Gasteiger partial charge in [0.1, 0.15) is 12.4 Å². The molecule has 2 heterocycles. The highest BCUT2D eigenvalue weighted by Crippen LogP contribution is 2.26. The van der Waals surface area contributed by atoms with E-state index in [1.54, 1.807) is 48.5 Å². The van der Waals surface area contributed by atoms with Crippen LogP contribution >= 0.6 is 0 Å². The molecule has 3 aromatic rings. The van der Waals surface area contributed by atoms with Gasteiger partial charge in [0.05, 0.1) is 16.1 Å². The predicted molar refractivity (Wildman–Crippen MR) is 129 cm³/mol. The zero-order valence-corrected chi connectivity index (χ0v) is 19.7. The fraction of sp³-hybridized carbons (Fsp3) is 0.259. The van der Waals surface area contributed by atoms with Crippen LogP contribution in [0.4, 0.5) is 5.69 Å². The van der Waals surface area contributed by atoms with Crippen molar-refractivity contribution in [3.63, 3.8) is 0 Å². The fourth-order valence-electron chi connectivity index (χ4n) is 3.51. The third-order valence-corrected chi connectivity index (χ3v) is 6.98. The molecule has 4 rings (SSSR count). The lowest BCUT2D eigenvalue weighted by molar-refractivity contribution is -0.171. The van der Waals surface area contributed by atoms with E-state index in [1.165, 1.54) is 12.1 Å². The van der Waals surface area contributed by atoms with Crippen LogP contribution in [0.1, 0.15) is 41.9 Å². The van der Waals surface area contributed by atoms with Crippen LogP contribution in [0.3, 0.4) is 0 Å². The van der Waals surface area contributed by atoms with E-state index in [1.807, 2.05) is 6.92 Å². The molecule has 174 valence electrons. The number of hydrogen-bond donors (Lipinski definition) is 0. The minimum atomic E-state index is -3.96. The van der Waals surface area contributed by atoms with E-state index in [4.69, 9.17) is 20.3 Å². The molecule has 0 saturated carbocycles. The molecule has 1 saturated heterocycles. The van der Waals surface area contributed by atoms with E-state index >= 15 is 0 Å². The third-order valence-electron chi connectivity index (χ3n) is 5.33. The van der Waals surface area contributed by atoms with Crippen LogP contribution in [-0.2, 0) is 26.1 Å². The van der Waals surface area contributed by atoms with Crippen molar-refractivity contribution in [3.8, 4) is 24.3 Å². The molecule has 34 heavy (non-hydrogen) atoms. The Labute approximate surface area is 200 Å². The minimum absolute atomic E-state index is 0.108. The van der Waals surface area contributed by atoms with Gasteiger partial charge in [-0.3, -0.25) is 0 Å². The number of sulfonamides is 1. The van der Waals surface area contributed by atoms with Crippen molar-refractivity contribution in [2.24, 2.45) is 0 Å². The maximum Gasteiger partial charge on any atom is 0.275 e. The molecule has 1 atom stereocenters. The van der Waals surface area contributed by atoms with E-state index in [0.29, 0.717) is 36.0 Å². The maximum atomic E-state index is 13.2. The lowest BCUT2D eigenvalue weighted by Crippen LogP contribution is -2.26. The smallest absolute Gasteiger partial charge is 0.275 e. The van der Waals surface area contributed by atoms with Gasteiger partial charge in [0.15, 0.2) is 12.1 Å². The van der Waals surface area contributed by atoms with Gasteiger partial charge in [-0.1, -0.05) is 42.2 Å². The summed E-state index contributed by atoms with van der Waals surface area (Å²) in [6.45, 7) is 2.89. The third kappa shape index (κ3) is 5.52. The van der Waals surface area contributed by atoms with Gasteiger partial charge in [-0.15, -0.1) is 0 Å². The van der Waals surface area contributed by atoms with E-state index < -0.39 is 10.0 Å². The Morgan fingerprint density at radius 2 is 1.85 bits per heavy atom. The van der Waals surface area contributed by atoms with Crippen LogP contribution in [0.25, 0.3) is 0 Å². The van der Waals surface area contributed by atoms with Crippen LogP contribution in [0, 0.1) is 31.2 Å². The SMILES string of the molecule is C#CN(c1ccccc1C#Cc1ccc(COC2CCCCO2)o1)S(=O)(=O)c1ccc(C)cc1. The van der Waals surface area contributed by atoms with Crippen molar-refractivity contribution in [3.05, 3.63) is 83.3 Å². The molecule has 6 nitrogen and oxygen atoms in total. The van der Waals surface area contributed by atoms with Gasteiger partial charge in [-0.25, -0.2) is 8.42 Å². The molecule has 1 aromatic heterocycles. The molecule has 0 amide bonds. The van der Waals surface area contributed by atoms with Gasteiger partial charge in [0.25, 0.3) is 10.0 Å². The van der Waals surface area contributed by atoms with E-state index in [-0.39, 0.29) is 11.2 Å². The van der Waals surface area contributed by atoms with E-state index in [2.05, 4.69) is 17.9 Å². The number of nitrogens with zero attached hydrogens (tertiary/aromatic N) is 1. The van der Waals surface area contributed by atoms with Gasteiger partial charge < -0.3 is 13.9 Å². The first-order chi connectivity index (χ1) is 16.5. The normalized spacial score (nSPS) is 15.7. The summed E-state index contributed by atoms with van der Waals surface area (Å²) in [5, 5.41) is 0. The van der Waals surface area contributed by atoms with Crippen molar-refractivity contribution < 1.29 is 22.3 Å². The summed E-state index contributed by atoms with van der Waals surface area (Å²) in [5.74, 6) is 7.00. The number of rotatable bonds is 6. The Balaban J connectivity index is 1.54. The monoisotopic (exact) mass is 475 g/mol. The summed E-state index contributed by atoms with van der Waals surface area (Å²) in [4.78, 5) is 0.108. The first kappa shape index (κ1) is 23.7. The Morgan fingerprint density at radius 3 is 2.59 bits per heavy atom. The molecule has 0 N–H and O–H groups in total. The van der Waals surface area contributed by atoms with E-state index in [0.717, 1.165) is 29.1 Å². The molecule has 1 aliphatic heterocycles. The van der Waals surface area contributed by atoms with Crippen molar-refractivity contribution in [2.75, 3.05) is 10.9 Å². The predicted octanol–water partition coefficient (Wildman–Crippen LogP) is 4.82. The molecule has 0 bridgehead atoms. The Kier molecular flexibility index (Phi) is 7.40. The first-order valence-corrected chi connectivity index (χ1v) is 12.4. The van der Waals surface area contributed by atoms with Crippen LogP contribution < -0.4 is 4.31 Å².